The zero-order chi connectivity index (χ0) is 15.0. The average molecular weight is 308 g/mol. The number of carbonyl (C=O) groups excluding carboxylic acids is 2. The standard InChI is InChI=1S/C14H20N4O2S/c1-16-12(19)9-10(15)11(13(20)17-8-5-6-8)21-14(9)18-7-3-2-4-7/h7-8,18H,2-6,15H2,1H3,(H,16,19)(H,17,20). The first-order valence-electron chi connectivity index (χ1n) is 7.32. The Morgan fingerprint density at radius 3 is 2.38 bits per heavy atom. The van der Waals surface area contributed by atoms with Crippen molar-refractivity contribution >= 4 is 33.8 Å². The van der Waals surface area contributed by atoms with Crippen LogP contribution in [0.4, 0.5) is 10.7 Å². The molecule has 7 heteroatoms. The van der Waals surface area contributed by atoms with Crippen molar-refractivity contribution in [2.24, 2.45) is 0 Å². The van der Waals surface area contributed by atoms with E-state index in [0.717, 1.165) is 25.7 Å². The van der Waals surface area contributed by atoms with Crippen LogP contribution in [0, 0.1) is 0 Å². The third-order valence-electron chi connectivity index (χ3n) is 3.96. The largest absolute Gasteiger partial charge is 0.397 e. The van der Waals surface area contributed by atoms with E-state index in [9.17, 15) is 9.59 Å². The molecule has 1 aromatic rings. The monoisotopic (exact) mass is 308 g/mol. The van der Waals surface area contributed by atoms with E-state index < -0.39 is 0 Å². The van der Waals surface area contributed by atoms with Crippen LogP contribution in [0.15, 0.2) is 0 Å². The quantitative estimate of drug-likeness (QED) is 0.663. The molecule has 0 aliphatic heterocycles. The highest BCUT2D eigenvalue weighted by atomic mass is 32.1. The van der Waals surface area contributed by atoms with Crippen molar-refractivity contribution in [2.45, 2.75) is 44.2 Å². The number of carbonyl (C=O) groups is 2. The molecule has 5 N–H and O–H groups in total. The normalized spacial score (nSPS) is 18.0. The fourth-order valence-corrected chi connectivity index (χ4v) is 3.38. The number of nitrogen functional groups attached to an aromatic ring is 1. The molecule has 0 saturated heterocycles. The van der Waals surface area contributed by atoms with Crippen LogP contribution >= 0.6 is 11.3 Å². The maximum atomic E-state index is 12.2. The van der Waals surface area contributed by atoms with E-state index in [2.05, 4.69) is 16.0 Å². The summed E-state index contributed by atoms with van der Waals surface area (Å²) >= 11 is 1.28. The van der Waals surface area contributed by atoms with E-state index in [4.69, 9.17) is 5.73 Å². The molecular formula is C14H20N4O2S. The molecule has 0 spiro atoms. The number of nitrogens with one attached hydrogen (secondary N) is 3. The number of hydrogen-bond donors (Lipinski definition) is 4. The molecule has 2 aliphatic rings. The number of nitrogens with two attached hydrogens (primary N) is 1. The second-order valence-corrected chi connectivity index (χ2v) is 6.67. The van der Waals surface area contributed by atoms with E-state index in [1.807, 2.05) is 0 Å². The fraction of sp³-hybridized carbons (Fsp3) is 0.571. The summed E-state index contributed by atoms with van der Waals surface area (Å²) in [7, 11) is 1.57. The summed E-state index contributed by atoms with van der Waals surface area (Å²) in [5.74, 6) is -0.428. The van der Waals surface area contributed by atoms with Gasteiger partial charge < -0.3 is 21.7 Å². The summed E-state index contributed by atoms with van der Waals surface area (Å²) in [6.45, 7) is 0. The molecule has 2 amide bonds. The van der Waals surface area contributed by atoms with Gasteiger partial charge in [0.2, 0.25) is 0 Å². The average Bonchev–Trinajstić information content (AvgIpc) is 3.16. The second kappa shape index (κ2) is 5.55. The van der Waals surface area contributed by atoms with Crippen molar-refractivity contribution in [2.75, 3.05) is 18.1 Å². The first kappa shape index (κ1) is 14.2. The van der Waals surface area contributed by atoms with Gasteiger partial charge in [-0.3, -0.25) is 9.59 Å². The molecule has 2 aliphatic carbocycles. The van der Waals surface area contributed by atoms with Gasteiger partial charge in [0, 0.05) is 19.1 Å². The van der Waals surface area contributed by atoms with Gasteiger partial charge in [-0.15, -0.1) is 11.3 Å². The summed E-state index contributed by atoms with van der Waals surface area (Å²) in [5.41, 5.74) is 6.74. The Labute approximate surface area is 127 Å². The molecule has 114 valence electrons. The molecular weight excluding hydrogens is 288 g/mol. The summed E-state index contributed by atoms with van der Waals surface area (Å²) in [5, 5.41) is 9.57. The first-order valence-corrected chi connectivity index (χ1v) is 8.13. The predicted octanol–water partition coefficient (Wildman–Crippen LogP) is 1.55. The van der Waals surface area contributed by atoms with Crippen LogP contribution in [0.25, 0.3) is 0 Å². The highest BCUT2D eigenvalue weighted by Crippen LogP contribution is 2.38. The van der Waals surface area contributed by atoms with Crippen molar-refractivity contribution in [3.63, 3.8) is 0 Å². The molecule has 6 nitrogen and oxygen atoms in total. The zero-order valence-corrected chi connectivity index (χ0v) is 12.8. The van der Waals surface area contributed by atoms with Crippen molar-refractivity contribution < 1.29 is 9.59 Å². The van der Waals surface area contributed by atoms with Gasteiger partial charge in [-0.2, -0.15) is 0 Å². The lowest BCUT2D eigenvalue weighted by molar-refractivity contribution is 0.0955. The number of amides is 2. The van der Waals surface area contributed by atoms with Gasteiger partial charge in [0.15, 0.2) is 0 Å². The minimum Gasteiger partial charge on any atom is -0.397 e. The van der Waals surface area contributed by atoms with E-state index in [-0.39, 0.29) is 23.5 Å². The van der Waals surface area contributed by atoms with Gasteiger partial charge in [0.1, 0.15) is 9.88 Å². The van der Waals surface area contributed by atoms with Crippen LogP contribution in [-0.4, -0.2) is 30.9 Å². The third kappa shape index (κ3) is 2.83. The Bertz CT molecular complexity index is 576. The first-order chi connectivity index (χ1) is 10.1. The number of rotatable bonds is 5. The lowest BCUT2D eigenvalue weighted by Gasteiger charge is -2.27. The number of thiophene rings is 1. The minimum atomic E-state index is -0.254. The molecule has 0 unspecified atom stereocenters. The predicted molar refractivity (Wildman–Crippen MR) is 83.9 cm³/mol. The van der Waals surface area contributed by atoms with Gasteiger partial charge in [0.05, 0.1) is 11.3 Å². The number of hydrogen-bond acceptors (Lipinski definition) is 5. The number of anilines is 2. The molecule has 21 heavy (non-hydrogen) atoms. The molecule has 0 atom stereocenters. The van der Waals surface area contributed by atoms with Crippen LogP contribution in [0.1, 0.15) is 52.1 Å². The lowest BCUT2D eigenvalue weighted by Crippen LogP contribution is -2.28. The molecule has 0 aromatic carbocycles. The highest BCUT2D eigenvalue weighted by Gasteiger charge is 2.30. The van der Waals surface area contributed by atoms with Crippen molar-refractivity contribution in [3.8, 4) is 0 Å². The van der Waals surface area contributed by atoms with E-state index in [0.29, 0.717) is 21.5 Å². The van der Waals surface area contributed by atoms with Crippen LogP contribution in [0.2, 0.25) is 0 Å². The fourth-order valence-electron chi connectivity index (χ4n) is 2.28. The Hall–Kier alpha value is -1.76. The van der Waals surface area contributed by atoms with Gasteiger partial charge in [-0.1, -0.05) is 0 Å². The summed E-state index contributed by atoms with van der Waals surface area (Å²) in [6, 6.07) is 0.649. The molecule has 1 heterocycles. The van der Waals surface area contributed by atoms with E-state index >= 15 is 0 Å². The van der Waals surface area contributed by atoms with Crippen LogP contribution in [0.3, 0.4) is 0 Å². The molecule has 2 fully saturated rings. The van der Waals surface area contributed by atoms with E-state index in [1.165, 1.54) is 17.8 Å². The Balaban J connectivity index is 1.88. The molecule has 1 aromatic heterocycles. The van der Waals surface area contributed by atoms with Crippen LogP contribution < -0.4 is 21.7 Å². The van der Waals surface area contributed by atoms with Crippen LogP contribution in [-0.2, 0) is 0 Å². The third-order valence-corrected chi connectivity index (χ3v) is 5.09. The summed E-state index contributed by atoms with van der Waals surface area (Å²) < 4.78 is 0. The van der Waals surface area contributed by atoms with Crippen molar-refractivity contribution in [3.05, 3.63) is 10.4 Å². The van der Waals surface area contributed by atoms with Crippen molar-refractivity contribution in [1.29, 1.82) is 0 Å². The molecule has 3 rings (SSSR count). The topological polar surface area (TPSA) is 96.2 Å². The SMILES string of the molecule is CNC(=O)c1c(NC2CCC2)sc(C(=O)NC2CC2)c1N. The van der Waals surface area contributed by atoms with Gasteiger partial charge in [-0.05, 0) is 32.1 Å². The minimum absolute atomic E-state index is 0.174. The van der Waals surface area contributed by atoms with Crippen molar-refractivity contribution in [1.82, 2.24) is 10.6 Å². The smallest absolute Gasteiger partial charge is 0.263 e. The maximum absolute atomic E-state index is 12.2. The summed E-state index contributed by atoms with van der Waals surface area (Å²) in [4.78, 5) is 24.7. The highest BCUT2D eigenvalue weighted by molar-refractivity contribution is 7.19. The Morgan fingerprint density at radius 2 is 1.86 bits per heavy atom. The van der Waals surface area contributed by atoms with Crippen LogP contribution in [0.5, 0.6) is 0 Å². The summed E-state index contributed by atoms with van der Waals surface area (Å²) in [6.07, 6.45) is 5.42. The second-order valence-electron chi connectivity index (χ2n) is 5.65. The van der Waals surface area contributed by atoms with Gasteiger partial charge >= 0.3 is 0 Å². The Morgan fingerprint density at radius 1 is 1.14 bits per heavy atom. The maximum Gasteiger partial charge on any atom is 0.263 e. The van der Waals surface area contributed by atoms with E-state index in [1.54, 1.807) is 7.05 Å². The molecule has 0 radical (unpaired) electrons. The lowest BCUT2D eigenvalue weighted by atomic mass is 9.93. The van der Waals surface area contributed by atoms with Gasteiger partial charge in [-0.25, -0.2) is 0 Å². The zero-order valence-electron chi connectivity index (χ0n) is 12.0. The Kier molecular flexibility index (Phi) is 3.75. The molecule has 0 bridgehead atoms. The van der Waals surface area contributed by atoms with Gasteiger partial charge in [0.25, 0.3) is 11.8 Å². The molecule has 2 saturated carbocycles.